The van der Waals surface area contributed by atoms with Gasteiger partial charge in [0, 0.05) is 6.20 Å². The van der Waals surface area contributed by atoms with Crippen molar-refractivity contribution in [2.75, 3.05) is 5.32 Å². The number of thiophene rings is 1. The predicted octanol–water partition coefficient (Wildman–Crippen LogP) is 1.94. The maximum Gasteiger partial charge on any atom is 0.265 e. The SMILES string of the molecule is O=C(Nc1cccnc1)c1c(O)c2ccsc2[nH]c1=O. The van der Waals surface area contributed by atoms with Crippen LogP contribution in [0.5, 0.6) is 5.75 Å². The normalized spacial score (nSPS) is 10.6. The second kappa shape index (κ2) is 4.78. The lowest BCUT2D eigenvalue weighted by molar-refractivity contribution is 0.102. The monoisotopic (exact) mass is 287 g/mol. The van der Waals surface area contributed by atoms with Crippen LogP contribution >= 0.6 is 11.3 Å². The number of anilines is 1. The molecule has 0 radical (unpaired) electrons. The molecule has 3 N–H and O–H groups in total. The number of pyridine rings is 2. The minimum atomic E-state index is -0.676. The first-order valence-corrected chi connectivity index (χ1v) is 6.58. The number of amides is 1. The molecule has 0 aliphatic rings. The maximum atomic E-state index is 12.1. The molecule has 6 nitrogen and oxygen atoms in total. The zero-order chi connectivity index (χ0) is 14.1. The summed E-state index contributed by atoms with van der Waals surface area (Å²) in [5, 5.41) is 14.8. The molecule has 100 valence electrons. The highest BCUT2D eigenvalue weighted by Crippen LogP contribution is 2.28. The van der Waals surface area contributed by atoms with Crippen molar-refractivity contribution >= 4 is 33.1 Å². The van der Waals surface area contributed by atoms with Crippen LogP contribution in [0.1, 0.15) is 10.4 Å². The number of aromatic nitrogens is 2. The van der Waals surface area contributed by atoms with E-state index in [0.29, 0.717) is 15.9 Å². The third-order valence-electron chi connectivity index (χ3n) is 2.76. The van der Waals surface area contributed by atoms with Crippen molar-refractivity contribution in [3.05, 3.63) is 51.9 Å². The van der Waals surface area contributed by atoms with Crippen molar-refractivity contribution in [1.29, 1.82) is 0 Å². The number of fused-ring (bicyclic) bond motifs is 1. The molecule has 0 spiro atoms. The summed E-state index contributed by atoms with van der Waals surface area (Å²) >= 11 is 1.28. The van der Waals surface area contributed by atoms with Crippen LogP contribution in [0.2, 0.25) is 0 Å². The summed E-state index contributed by atoms with van der Waals surface area (Å²) in [6.45, 7) is 0. The summed E-state index contributed by atoms with van der Waals surface area (Å²) in [4.78, 5) is 31.0. The summed E-state index contributed by atoms with van der Waals surface area (Å²) in [5.41, 5.74) is -0.486. The molecular weight excluding hydrogens is 278 g/mol. The molecule has 0 saturated heterocycles. The third-order valence-corrected chi connectivity index (χ3v) is 3.59. The van der Waals surface area contributed by atoms with Gasteiger partial charge in [-0.3, -0.25) is 14.6 Å². The molecular formula is C13H9N3O3S. The fourth-order valence-electron chi connectivity index (χ4n) is 1.84. The lowest BCUT2D eigenvalue weighted by Crippen LogP contribution is -2.23. The minimum absolute atomic E-state index is 0.306. The van der Waals surface area contributed by atoms with E-state index in [1.165, 1.54) is 17.5 Å². The van der Waals surface area contributed by atoms with E-state index in [1.54, 1.807) is 29.8 Å². The molecule has 1 amide bonds. The quantitative estimate of drug-likeness (QED) is 0.671. The van der Waals surface area contributed by atoms with Crippen LogP contribution in [-0.4, -0.2) is 21.0 Å². The van der Waals surface area contributed by atoms with Gasteiger partial charge in [0.05, 0.1) is 17.3 Å². The lowest BCUT2D eigenvalue weighted by atomic mass is 10.2. The second-order valence-corrected chi connectivity index (χ2v) is 4.95. The summed E-state index contributed by atoms with van der Waals surface area (Å²) < 4.78 is 0. The van der Waals surface area contributed by atoms with E-state index in [0.717, 1.165) is 0 Å². The Kier molecular flexibility index (Phi) is 2.96. The molecule has 3 heterocycles. The second-order valence-electron chi connectivity index (χ2n) is 4.04. The van der Waals surface area contributed by atoms with Gasteiger partial charge in [-0.25, -0.2) is 0 Å². The molecule has 20 heavy (non-hydrogen) atoms. The van der Waals surface area contributed by atoms with Crippen LogP contribution in [0.3, 0.4) is 0 Å². The lowest BCUT2D eigenvalue weighted by Gasteiger charge is -2.06. The van der Waals surface area contributed by atoms with Crippen molar-refractivity contribution in [1.82, 2.24) is 9.97 Å². The fourth-order valence-corrected chi connectivity index (χ4v) is 2.62. The number of aromatic amines is 1. The Labute approximate surface area is 116 Å². The van der Waals surface area contributed by atoms with E-state index in [9.17, 15) is 14.7 Å². The van der Waals surface area contributed by atoms with Gasteiger partial charge in [-0.1, -0.05) is 0 Å². The van der Waals surface area contributed by atoms with E-state index < -0.39 is 11.5 Å². The van der Waals surface area contributed by atoms with Gasteiger partial charge in [-0.15, -0.1) is 11.3 Å². The zero-order valence-corrected chi connectivity index (χ0v) is 10.9. The van der Waals surface area contributed by atoms with Crippen molar-refractivity contribution < 1.29 is 9.90 Å². The van der Waals surface area contributed by atoms with Gasteiger partial charge in [0.1, 0.15) is 16.1 Å². The molecule has 0 saturated carbocycles. The Morgan fingerprint density at radius 2 is 2.25 bits per heavy atom. The Bertz CT molecular complexity index is 839. The Balaban J connectivity index is 2.05. The predicted molar refractivity (Wildman–Crippen MR) is 76.3 cm³/mol. The van der Waals surface area contributed by atoms with E-state index in [4.69, 9.17) is 0 Å². The van der Waals surface area contributed by atoms with Crippen LogP contribution in [0.25, 0.3) is 10.2 Å². The van der Waals surface area contributed by atoms with E-state index in [-0.39, 0.29) is 11.3 Å². The van der Waals surface area contributed by atoms with Crippen LogP contribution in [0.4, 0.5) is 5.69 Å². The standard InChI is InChI=1S/C13H9N3O3S/c17-10-8-3-5-20-13(8)16-12(19)9(10)11(18)15-7-2-1-4-14-6-7/h1-6H,(H,15,18)(H2,16,17,19). The topological polar surface area (TPSA) is 95.1 Å². The highest BCUT2D eigenvalue weighted by atomic mass is 32.1. The Morgan fingerprint density at radius 1 is 1.40 bits per heavy atom. The summed E-state index contributed by atoms with van der Waals surface area (Å²) in [6.07, 6.45) is 3.02. The molecule has 7 heteroatoms. The molecule has 0 fully saturated rings. The van der Waals surface area contributed by atoms with Crippen molar-refractivity contribution in [3.8, 4) is 5.75 Å². The van der Waals surface area contributed by atoms with Gasteiger partial charge in [0.2, 0.25) is 0 Å². The van der Waals surface area contributed by atoms with Crippen LogP contribution in [-0.2, 0) is 0 Å². The van der Waals surface area contributed by atoms with Crippen LogP contribution < -0.4 is 10.9 Å². The first-order valence-electron chi connectivity index (χ1n) is 5.70. The molecule has 0 aromatic carbocycles. The fraction of sp³-hybridized carbons (Fsp3) is 0. The van der Waals surface area contributed by atoms with E-state index >= 15 is 0 Å². The average Bonchev–Trinajstić information content (AvgIpc) is 2.88. The number of rotatable bonds is 2. The summed E-state index contributed by atoms with van der Waals surface area (Å²) in [7, 11) is 0. The molecule has 0 atom stereocenters. The van der Waals surface area contributed by atoms with Gasteiger partial charge >= 0.3 is 0 Å². The van der Waals surface area contributed by atoms with Gasteiger partial charge < -0.3 is 15.4 Å². The maximum absolute atomic E-state index is 12.1. The van der Waals surface area contributed by atoms with Crippen LogP contribution in [0.15, 0.2) is 40.8 Å². The van der Waals surface area contributed by atoms with Crippen molar-refractivity contribution in [2.24, 2.45) is 0 Å². The van der Waals surface area contributed by atoms with Crippen LogP contribution in [0, 0.1) is 0 Å². The number of hydrogen-bond acceptors (Lipinski definition) is 5. The molecule has 0 unspecified atom stereocenters. The summed E-state index contributed by atoms with van der Waals surface area (Å²) in [6, 6.07) is 4.94. The molecule has 3 aromatic heterocycles. The number of nitrogens with one attached hydrogen (secondary N) is 2. The van der Waals surface area contributed by atoms with E-state index in [2.05, 4.69) is 15.3 Å². The first-order chi connectivity index (χ1) is 9.66. The first kappa shape index (κ1) is 12.4. The molecule has 0 aliphatic heterocycles. The van der Waals surface area contributed by atoms with Gasteiger partial charge in [0.25, 0.3) is 11.5 Å². The zero-order valence-electron chi connectivity index (χ0n) is 10.1. The Morgan fingerprint density at radius 3 is 3.00 bits per heavy atom. The molecule has 3 rings (SSSR count). The highest BCUT2D eigenvalue weighted by Gasteiger charge is 2.19. The van der Waals surface area contributed by atoms with Gasteiger partial charge in [0.15, 0.2) is 0 Å². The third kappa shape index (κ3) is 2.04. The number of hydrogen-bond donors (Lipinski definition) is 3. The Hall–Kier alpha value is -2.67. The number of carbonyl (C=O) groups is 1. The van der Waals surface area contributed by atoms with Crippen molar-refractivity contribution in [2.45, 2.75) is 0 Å². The number of H-pyrrole nitrogens is 1. The molecule has 0 aliphatic carbocycles. The molecule has 3 aromatic rings. The number of nitrogens with zero attached hydrogens (tertiary/aromatic N) is 1. The van der Waals surface area contributed by atoms with E-state index in [1.807, 2.05) is 0 Å². The van der Waals surface area contributed by atoms with Gasteiger partial charge in [-0.2, -0.15) is 0 Å². The smallest absolute Gasteiger partial charge is 0.265 e. The van der Waals surface area contributed by atoms with Crippen molar-refractivity contribution in [3.63, 3.8) is 0 Å². The highest BCUT2D eigenvalue weighted by molar-refractivity contribution is 7.16. The van der Waals surface area contributed by atoms with Gasteiger partial charge in [-0.05, 0) is 23.6 Å². The largest absolute Gasteiger partial charge is 0.506 e. The average molecular weight is 287 g/mol. The number of aromatic hydroxyl groups is 1. The minimum Gasteiger partial charge on any atom is -0.506 e. The number of carbonyl (C=O) groups excluding carboxylic acids is 1. The molecule has 0 bridgehead atoms. The summed E-state index contributed by atoms with van der Waals surface area (Å²) in [5.74, 6) is -0.990.